The minimum absolute atomic E-state index is 0.121. The number of unbranched alkanes of at least 4 members (excludes halogenated alkanes) is 1. The van der Waals surface area contributed by atoms with Crippen molar-refractivity contribution in [3.63, 3.8) is 0 Å². The van der Waals surface area contributed by atoms with Crippen molar-refractivity contribution < 1.29 is 14.9 Å². The van der Waals surface area contributed by atoms with E-state index in [1.807, 2.05) is 30.3 Å². The lowest BCUT2D eigenvalue weighted by atomic mass is 10.2. The highest BCUT2D eigenvalue weighted by atomic mass is 16.5. The van der Waals surface area contributed by atoms with Crippen molar-refractivity contribution >= 4 is 0 Å². The number of aliphatic hydroxyl groups excluding tert-OH is 2. The maximum Gasteiger partial charge on any atom is 0.119 e. The van der Waals surface area contributed by atoms with Crippen molar-refractivity contribution in [1.29, 1.82) is 0 Å². The fraction of sp³-hybridized carbons (Fsp3) is 0.600. The van der Waals surface area contributed by atoms with E-state index in [2.05, 4.69) is 11.8 Å². The molecule has 0 unspecified atom stereocenters. The second-order valence-corrected chi connectivity index (χ2v) is 4.66. The first-order chi connectivity index (χ1) is 9.26. The van der Waals surface area contributed by atoms with E-state index in [9.17, 15) is 5.11 Å². The van der Waals surface area contributed by atoms with Crippen LogP contribution < -0.4 is 4.74 Å². The van der Waals surface area contributed by atoms with E-state index >= 15 is 0 Å². The molecule has 0 saturated carbocycles. The molecule has 0 aliphatic rings. The Morgan fingerprint density at radius 3 is 2.58 bits per heavy atom. The monoisotopic (exact) mass is 267 g/mol. The summed E-state index contributed by atoms with van der Waals surface area (Å²) in [5.74, 6) is 0.767. The van der Waals surface area contributed by atoms with Gasteiger partial charge in [-0.2, -0.15) is 0 Å². The molecule has 0 aliphatic carbocycles. The number of ether oxygens (including phenoxy) is 1. The van der Waals surface area contributed by atoms with Gasteiger partial charge in [0.15, 0.2) is 0 Å². The molecule has 4 nitrogen and oxygen atoms in total. The summed E-state index contributed by atoms with van der Waals surface area (Å²) in [5.41, 5.74) is 0. The number of hydrogen-bond donors (Lipinski definition) is 2. The van der Waals surface area contributed by atoms with Gasteiger partial charge in [0.05, 0.1) is 6.61 Å². The summed E-state index contributed by atoms with van der Waals surface area (Å²) < 4.78 is 5.51. The highest BCUT2D eigenvalue weighted by molar-refractivity contribution is 5.20. The Morgan fingerprint density at radius 2 is 1.95 bits per heavy atom. The standard InChI is InChI=1S/C15H25NO3/c1-2-3-9-16(10-11-17)12-14(18)13-19-15-7-5-4-6-8-15/h4-8,14,17-18H,2-3,9-13H2,1H3/t14-/m0/s1. The van der Waals surface area contributed by atoms with Crippen LogP contribution in [-0.2, 0) is 0 Å². The third-order valence-electron chi connectivity index (χ3n) is 2.90. The van der Waals surface area contributed by atoms with Crippen LogP contribution in [0.4, 0.5) is 0 Å². The molecule has 1 aromatic carbocycles. The van der Waals surface area contributed by atoms with Crippen LogP contribution in [0.3, 0.4) is 0 Å². The Balaban J connectivity index is 2.29. The minimum Gasteiger partial charge on any atom is -0.491 e. The molecule has 0 fully saturated rings. The maximum absolute atomic E-state index is 9.96. The fourth-order valence-electron chi connectivity index (χ4n) is 1.88. The van der Waals surface area contributed by atoms with E-state index in [4.69, 9.17) is 9.84 Å². The molecule has 1 atom stereocenters. The summed E-state index contributed by atoms with van der Waals surface area (Å²) in [6.45, 7) is 4.56. The predicted molar refractivity (Wildman–Crippen MR) is 76.4 cm³/mol. The van der Waals surface area contributed by atoms with Crippen LogP contribution in [0.5, 0.6) is 5.75 Å². The van der Waals surface area contributed by atoms with Crippen molar-refractivity contribution in [1.82, 2.24) is 4.90 Å². The Hall–Kier alpha value is -1.10. The summed E-state index contributed by atoms with van der Waals surface area (Å²) >= 11 is 0. The summed E-state index contributed by atoms with van der Waals surface area (Å²) in [7, 11) is 0. The van der Waals surface area contributed by atoms with E-state index in [1.165, 1.54) is 0 Å². The van der Waals surface area contributed by atoms with Gasteiger partial charge in [-0.1, -0.05) is 31.5 Å². The van der Waals surface area contributed by atoms with Gasteiger partial charge in [-0.05, 0) is 25.1 Å². The Morgan fingerprint density at radius 1 is 1.21 bits per heavy atom. The van der Waals surface area contributed by atoms with E-state index in [-0.39, 0.29) is 13.2 Å². The molecule has 0 spiro atoms. The van der Waals surface area contributed by atoms with Crippen LogP contribution in [0.15, 0.2) is 30.3 Å². The van der Waals surface area contributed by atoms with E-state index in [1.54, 1.807) is 0 Å². The Labute approximate surface area is 115 Å². The third-order valence-corrected chi connectivity index (χ3v) is 2.90. The SMILES string of the molecule is CCCCN(CCO)C[C@H](O)COc1ccccc1. The highest BCUT2D eigenvalue weighted by Gasteiger charge is 2.11. The van der Waals surface area contributed by atoms with E-state index in [0.29, 0.717) is 13.1 Å². The molecule has 108 valence electrons. The topological polar surface area (TPSA) is 52.9 Å². The molecule has 1 rings (SSSR count). The Kier molecular flexibility index (Phi) is 8.21. The predicted octanol–water partition coefficient (Wildman–Crippen LogP) is 1.52. The van der Waals surface area contributed by atoms with E-state index in [0.717, 1.165) is 25.1 Å². The second kappa shape index (κ2) is 9.78. The molecule has 0 aliphatic heterocycles. The van der Waals surface area contributed by atoms with Gasteiger partial charge in [0.1, 0.15) is 18.5 Å². The van der Waals surface area contributed by atoms with Gasteiger partial charge >= 0.3 is 0 Å². The zero-order valence-electron chi connectivity index (χ0n) is 11.7. The van der Waals surface area contributed by atoms with Crippen LogP contribution in [0.2, 0.25) is 0 Å². The largest absolute Gasteiger partial charge is 0.491 e. The van der Waals surface area contributed by atoms with Gasteiger partial charge < -0.3 is 14.9 Å². The zero-order chi connectivity index (χ0) is 13.9. The summed E-state index contributed by atoms with van der Waals surface area (Å²) in [4.78, 5) is 2.07. The molecule has 0 saturated heterocycles. The molecule has 19 heavy (non-hydrogen) atoms. The first kappa shape index (κ1) is 16.0. The molecule has 0 aromatic heterocycles. The molecular formula is C15H25NO3. The van der Waals surface area contributed by atoms with Gasteiger partial charge in [-0.15, -0.1) is 0 Å². The van der Waals surface area contributed by atoms with Crippen molar-refractivity contribution in [2.45, 2.75) is 25.9 Å². The third kappa shape index (κ3) is 7.15. The van der Waals surface area contributed by atoms with Crippen molar-refractivity contribution in [3.8, 4) is 5.75 Å². The first-order valence-corrected chi connectivity index (χ1v) is 6.95. The molecule has 0 radical (unpaired) electrons. The first-order valence-electron chi connectivity index (χ1n) is 6.95. The van der Waals surface area contributed by atoms with Gasteiger partial charge in [0.2, 0.25) is 0 Å². The molecule has 0 bridgehead atoms. The second-order valence-electron chi connectivity index (χ2n) is 4.66. The number of rotatable bonds is 10. The van der Waals surface area contributed by atoms with Gasteiger partial charge in [-0.3, -0.25) is 4.90 Å². The lowest BCUT2D eigenvalue weighted by Gasteiger charge is -2.24. The lowest BCUT2D eigenvalue weighted by Crippen LogP contribution is -2.37. The van der Waals surface area contributed by atoms with Crippen LogP contribution in [0.1, 0.15) is 19.8 Å². The van der Waals surface area contributed by atoms with Gasteiger partial charge in [0.25, 0.3) is 0 Å². The summed E-state index contributed by atoms with van der Waals surface area (Å²) in [5, 5.41) is 19.0. The van der Waals surface area contributed by atoms with Crippen LogP contribution in [-0.4, -0.2) is 54.1 Å². The highest BCUT2D eigenvalue weighted by Crippen LogP contribution is 2.08. The average Bonchev–Trinajstić information content (AvgIpc) is 2.44. The zero-order valence-corrected chi connectivity index (χ0v) is 11.7. The van der Waals surface area contributed by atoms with Crippen LogP contribution >= 0.6 is 0 Å². The quantitative estimate of drug-likeness (QED) is 0.675. The Bertz CT molecular complexity index is 318. The summed E-state index contributed by atoms with van der Waals surface area (Å²) in [6, 6.07) is 9.48. The van der Waals surface area contributed by atoms with Gasteiger partial charge in [0, 0.05) is 13.1 Å². The minimum atomic E-state index is -0.538. The van der Waals surface area contributed by atoms with Crippen LogP contribution in [0, 0.1) is 0 Å². The normalized spacial score (nSPS) is 12.6. The summed E-state index contributed by atoms with van der Waals surface area (Å²) in [6.07, 6.45) is 1.65. The lowest BCUT2D eigenvalue weighted by molar-refractivity contribution is 0.0613. The number of hydrogen-bond acceptors (Lipinski definition) is 4. The fourth-order valence-corrected chi connectivity index (χ4v) is 1.88. The average molecular weight is 267 g/mol. The van der Waals surface area contributed by atoms with Crippen molar-refractivity contribution in [2.75, 3.05) is 32.8 Å². The maximum atomic E-state index is 9.96. The van der Waals surface area contributed by atoms with E-state index < -0.39 is 6.10 Å². The van der Waals surface area contributed by atoms with Crippen molar-refractivity contribution in [3.05, 3.63) is 30.3 Å². The molecule has 4 heteroatoms. The van der Waals surface area contributed by atoms with Crippen LogP contribution in [0.25, 0.3) is 0 Å². The van der Waals surface area contributed by atoms with Gasteiger partial charge in [-0.25, -0.2) is 0 Å². The molecule has 0 heterocycles. The molecule has 0 amide bonds. The molecule has 2 N–H and O–H groups in total. The number of nitrogens with zero attached hydrogens (tertiary/aromatic N) is 1. The molecule has 1 aromatic rings. The molecular weight excluding hydrogens is 242 g/mol. The smallest absolute Gasteiger partial charge is 0.119 e. The number of aliphatic hydroxyl groups is 2. The number of para-hydroxylation sites is 1. The van der Waals surface area contributed by atoms with Crippen molar-refractivity contribution in [2.24, 2.45) is 0 Å². The number of benzene rings is 1.